The van der Waals surface area contributed by atoms with Crippen LogP contribution in [0.2, 0.25) is 0 Å². The van der Waals surface area contributed by atoms with Crippen molar-refractivity contribution in [1.29, 1.82) is 0 Å². The average Bonchev–Trinajstić information content (AvgIpc) is 2.57. The molecule has 0 saturated heterocycles. The van der Waals surface area contributed by atoms with Gasteiger partial charge in [0.1, 0.15) is 0 Å². The summed E-state index contributed by atoms with van der Waals surface area (Å²) >= 11 is 2.41. The normalized spacial score (nSPS) is 11.2. The third-order valence-electron chi connectivity index (χ3n) is 4.56. The smallest absolute Gasteiger partial charge is 0.0473 e. The number of unbranched alkanes of at least 4 members (excludes halogenated alkanes) is 15. The van der Waals surface area contributed by atoms with Crippen LogP contribution >= 0.6 is 22.6 Å². The zero-order valence-corrected chi connectivity index (χ0v) is 18.1. The molecular weight excluding hydrogens is 395 g/mol. The molecule has 0 amide bonds. The molecule has 0 aliphatic carbocycles. The lowest BCUT2D eigenvalue weighted by molar-refractivity contribution is 0.131. The first-order valence-electron chi connectivity index (χ1n) is 10.6. The zero-order valence-electron chi connectivity index (χ0n) is 15.9. The minimum absolute atomic E-state index is 0.960. The molecule has 140 valence electrons. The van der Waals surface area contributed by atoms with Gasteiger partial charge in [-0.25, -0.2) is 0 Å². The van der Waals surface area contributed by atoms with Crippen molar-refractivity contribution < 1.29 is 4.74 Å². The molecule has 0 aromatic carbocycles. The van der Waals surface area contributed by atoms with Gasteiger partial charge in [0, 0.05) is 17.6 Å². The van der Waals surface area contributed by atoms with Gasteiger partial charge in [-0.1, -0.05) is 126 Å². The zero-order chi connectivity index (χ0) is 16.8. The Labute approximate surface area is 160 Å². The Bertz CT molecular complexity index is 176. The molecule has 0 fully saturated rings. The largest absolute Gasteiger partial charge is 0.381 e. The molecule has 0 radical (unpaired) electrons. The summed E-state index contributed by atoms with van der Waals surface area (Å²) in [6.07, 6.45) is 24.2. The fourth-order valence-electron chi connectivity index (χ4n) is 3.01. The lowest BCUT2D eigenvalue weighted by Gasteiger charge is -2.04. The highest BCUT2D eigenvalue weighted by Crippen LogP contribution is 2.13. The number of halogens is 1. The Balaban J connectivity index is 2.92. The van der Waals surface area contributed by atoms with Gasteiger partial charge in [0.2, 0.25) is 0 Å². The molecule has 0 aromatic heterocycles. The molecule has 0 unspecified atom stereocenters. The van der Waals surface area contributed by atoms with Gasteiger partial charge in [0.15, 0.2) is 0 Å². The van der Waals surface area contributed by atoms with Gasteiger partial charge in [0.25, 0.3) is 0 Å². The van der Waals surface area contributed by atoms with Gasteiger partial charge in [0.05, 0.1) is 0 Å². The number of hydrogen-bond donors (Lipinski definition) is 0. The minimum Gasteiger partial charge on any atom is -0.381 e. The lowest BCUT2D eigenvalue weighted by Crippen LogP contribution is -1.97. The maximum atomic E-state index is 5.59. The average molecular weight is 438 g/mol. The molecule has 0 N–H and O–H groups in total. The van der Waals surface area contributed by atoms with Crippen molar-refractivity contribution in [2.24, 2.45) is 0 Å². The van der Waals surface area contributed by atoms with Crippen molar-refractivity contribution >= 4 is 22.6 Å². The summed E-state index contributed by atoms with van der Waals surface area (Å²) < 4.78 is 6.81. The molecule has 0 bridgehead atoms. The topological polar surface area (TPSA) is 9.23 Å². The number of alkyl halides is 1. The van der Waals surface area contributed by atoms with Gasteiger partial charge in [-0.05, 0) is 12.8 Å². The van der Waals surface area contributed by atoms with Crippen LogP contribution in [-0.2, 0) is 4.74 Å². The molecule has 0 rings (SSSR count). The molecule has 0 atom stereocenters. The van der Waals surface area contributed by atoms with E-state index in [4.69, 9.17) is 4.74 Å². The third-order valence-corrected chi connectivity index (χ3v) is 5.33. The highest BCUT2D eigenvalue weighted by atomic mass is 127. The van der Waals surface area contributed by atoms with E-state index in [1.54, 1.807) is 0 Å². The predicted octanol–water partition coefficient (Wildman–Crippen LogP) is 8.09. The first-order valence-corrected chi connectivity index (χ1v) is 12.1. The minimum atomic E-state index is 0.960. The predicted molar refractivity (Wildman–Crippen MR) is 114 cm³/mol. The van der Waals surface area contributed by atoms with Crippen LogP contribution in [0.5, 0.6) is 0 Å². The van der Waals surface area contributed by atoms with Crippen molar-refractivity contribution in [2.45, 2.75) is 116 Å². The highest BCUT2D eigenvalue weighted by molar-refractivity contribution is 14.1. The van der Waals surface area contributed by atoms with E-state index in [0.717, 1.165) is 13.2 Å². The quantitative estimate of drug-likeness (QED) is 0.106. The number of hydrogen-bond acceptors (Lipinski definition) is 1. The van der Waals surface area contributed by atoms with Crippen LogP contribution in [-0.4, -0.2) is 17.6 Å². The van der Waals surface area contributed by atoms with Gasteiger partial charge in [-0.2, -0.15) is 0 Å². The molecular formula is C21H43IO. The second kappa shape index (κ2) is 22.7. The maximum absolute atomic E-state index is 5.59. The molecule has 0 aromatic rings. The second-order valence-electron chi connectivity index (χ2n) is 6.96. The van der Waals surface area contributed by atoms with E-state index in [9.17, 15) is 0 Å². The highest BCUT2D eigenvalue weighted by Gasteiger charge is 1.95. The molecule has 0 aliphatic heterocycles. The van der Waals surface area contributed by atoms with Crippen LogP contribution in [0.25, 0.3) is 0 Å². The Morgan fingerprint density at radius 2 is 0.826 bits per heavy atom. The summed E-state index contributed by atoms with van der Waals surface area (Å²) in [5, 5.41) is 0. The summed E-state index contributed by atoms with van der Waals surface area (Å²) in [7, 11) is 0. The summed E-state index contributed by atoms with van der Waals surface area (Å²) in [6.45, 7) is 4.24. The van der Waals surface area contributed by atoms with Crippen LogP contribution in [0.3, 0.4) is 0 Å². The summed E-state index contributed by atoms with van der Waals surface area (Å²) in [5.74, 6) is 0. The Morgan fingerprint density at radius 1 is 0.478 bits per heavy atom. The van der Waals surface area contributed by atoms with Crippen molar-refractivity contribution in [1.82, 2.24) is 0 Å². The van der Waals surface area contributed by atoms with Gasteiger partial charge < -0.3 is 4.74 Å². The van der Waals surface area contributed by atoms with E-state index >= 15 is 0 Å². The Morgan fingerprint density at radius 3 is 1.22 bits per heavy atom. The van der Waals surface area contributed by atoms with E-state index in [2.05, 4.69) is 29.5 Å². The lowest BCUT2D eigenvalue weighted by atomic mass is 10.0. The number of rotatable bonds is 20. The molecule has 0 heterocycles. The molecule has 0 aliphatic rings. The van der Waals surface area contributed by atoms with Crippen LogP contribution in [0.15, 0.2) is 0 Å². The standard InChI is InChI=1S/C21H43IO/c1-2-3-4-5-6-7-8-9-10-11-12-13-14-15-16-17-20-23-21-18-19-22/h2-21H2,1H3. The van der Waals surface area contributed by atoms with E-state index in [1.807, 2.05) is 0 Å². The van der Waals surface area contributed by atoms with Crippen molar-refractivity contribution in [3.8, 4) is 0 Å². The Hall–Kier alpha value is 0.690. The van der Waals surface area contributed by atoms with E-state index in [1.165, 1.54) is 114 Å². The van der Waals surface area contributed by atoms with Crippen molar-refractivity contribution in [3.05, 3.63) is 0 Å². The van der Waals surface area contributed by atoms with E-state index in [0.29, 0.717) is 0 Å². The monoisotopic (exact) mass is 438 g/mol. The van der Waals surface area contributed by atoms with Gasteiger partial charge in [-0.15, -0.1) is 0 Å². The SMILES string of the molecule is CCCCCCCCCCCCCCCCCCOCCCI. The van der Waals surface area contributed by atoms with Gasteiger partial charge >= 0.3 is 0 Å². The first kappa shape index (κ1) is 23.7. The van der Waals surface area contributed by atoms with Crippen LogP contribution in [0, 0.1) is 0 Å². The molecule has 1 nitrogen and oxygen atoms in total. The fourth-order valence-corrected chi connectivity index (χ4v) is 3.32. The van der Waals surface area contributed by atoms with Crippen LogP contribution in [0.1, 0.15) is 116 Å². The summed E-state index contributed by atoms with van der Waals surface area (Å²) in [4.78, 5) is 0. The fraction of sp³-hybridized carbons (Fsp3) is 1.00. The summed E-state index contributed by atoms with van der Waals surface area (Å²) in [5.41, 5.74) is 0. The maximum Gasteiger partial charge on any atom is 0.0473 e. The van der Waals surface area contributed by atoms with Crippen molar-refractivity contribution in [2.75, 3.05) is 17.6 Å². The van der Waals surface area contributed by atoms with Gasteiger partial charge in [-0.3, -0.25) is 0 Å². The van der Waals surface area contributed by atoms with Crippen molar-refractivity contribution in [3.63, 3.8) is 0 Å². The first-order chi connectivity index (χ1) is 11.4. The Kier molecular flexibility index (Phi) is 23.4. The molecule has 23 heavy (non-hydrogen) atoms. The molecule has 0 saturated carbocycles. The third kappa shape index (κ3) is 22.7. The summed E-state index contributed by atoms with van der Waals surface area (Å²) in [6, 6.07) is 0. The second-order valence-corrected chi connectivity index (χ2v) is 8.04. The van der Waals surface area contributed by atoms with E-state index in [-0.39, 0.29) is 0 Å². The molecule has 0 spiro atoms. The van der Waals surface area contributed by atoms with E-state index < -0.39 is 0 Å². The van der Waals surface area contributed by atoms with Crippen LogP contribution < -0.4 is 0 Å². The molecule has 2 heteroatoms. The van der Waals surface area contributed by atoms with Crippen LogP contribution in [0.4, 0.5) is 0 Å². The number of ether oxygens (including phenoxy) is 1.